The summed E-state index contributed by atoms with van der Waals surface area (Å²) in [5, 5.41) is 3.89. The fourth-order valence-electron chi connectivity index (χ4n) is 1.45. The van der Waals surface area contributed by atoms with Crippen LogP contribution in [0.5, 0.6) is 0 Å². The van der Waals surface area contributed by atoms with Crippen LogP contribution in [0.3, 0.4) is 0 Å². The van der Waals surface area contributed by atoms with E-state index >= 15 is 0 Å². The smallest absolute Gasteiger partial charge is 0.244 e. The summed E-state index contributed by atoms with van der Waals surface area (Å²) in [6.45, 7) is 0. The molecule has 1 fully saturated rings. The lowest BCUT2D eigenvalue weighted by atomic mass is 10.2. The van der Waals surface area contributed by atoms with Crippen LogP contribution in [0.1, 0.15) is 24.8 Å². The molecular formula is C9H10N4OS. The van der Waals surface area contributed by atoms with E-state index in [2.05, 4.69) is 15.1 Å². The van der Waals surface area contributed by atoms with Crippen molar-refractivity contribution in [2.75, 3.05) is 0 Å². The van der Waals surface area contributed by atoms with Crippen LogP contribution < -0.4 is 5.73 Å². The summed E-state index contributed by atoms with van der Waals surface area (Å²) >= 11 is 1.49. The molecule has 2 N–H and O–H groups in total. The highest BCUT2D eigenvalue weighted by atomic mass is 32.1. The highest BCUT2D eigenvalue weighted by Gasteiger charge is 2.33. The molecule has 78 valence electrons. The summed E-state index contributed by atoms with van der Waals surface area (Å²) in [6, 6.07) is -0.0980. The van der Waals surface area contributed by atoms with Crippen LogP contribution in [-0.2, 0) is 0 Å². The van der Waals surface area contributed by atoms with Gasteiger partial charge in [0, 0.05) is 6.20 Å². The molecule has 5 nitrogen and oxygen atoms in total. The SMILES string of the molecule is NC(c1nc(-c2cncs2)no1)C1CC1. The van der Waals surface area contributed by atoms with Crippen molar-refractivity contribution in [3.63, 3.8) is 0 Å². The second-order valence-corrected chi connectivity index (χ2v) is 4.57. The maximum Gasteiger partial charge on any atom is 0.244 e. The van der Waals surface area contributed by atoms with E-state index < -0.39 is 0 Å². The van der Waals surface area contributed by atoms with Crippen molar-refractivity contribution >= 4 is 11.3 Å². The molecule has 1 aliphatic rings. The average Bonchev–Trinajstić information content (AvgIpc) is 2.80. The van der Waals surface area contributed by atoms with Crippen molar-refractivity contribution in [1.29, 1.82) is 0 Å². The van der Waals surface area contributed by atoms with Gasteiger partial charge in [0.25, 0.3) is 0 Å². The van der Waals surface area contributed by atoms with Gasteiger partial charge in [0.1, 0.15) is 0 Å². The van der Waals surface area contributed by atoms with Gasteiger partial charge in [-0.3, -0.25) is 4.98 Å². The topological polar surface area (TPSA) is 77.8 Å². The summed E-state index contributed by atoms with van der Waals surface area (Å²) in [4.78, 5) is 9.16. The molecule has 0 spiro atoms. The predicted molar refractivity (Wildman–Crippen MR) is 55.1 cm³/mol. The van der Waals surface area contributed by atoms with E-state index in [4.69, 9.17) is 10.3 Å². The van der Waals surface area contributed by atoms with Gasteiger partial charge in [0.2, 0.25) is 11.7 Å². The zero-order valence-corrected chi connectivity index (χ0v) is 8.78. The molecule has 0 radical (unpaired) electrons. The minimum absolute atomic E-state index is 0.0980. The zero-order valence-electron chi connectivity index (χ0n) is 7.96. The molecule has 0 aromatic carbocycles. The summed E-state index contributed by atoms with van der Waals surface area (Å²) in [5.74, 6) is 1.66. The molecule has 0 aliphatic heterocycles. The fraction of sp³-hybridized carbons (Fsp3) is 0.444. The van der Waals surface area contributed by atoms with Crippen LogP contribution >= 0.6 is 11.3 Å². The Bertz CT molecular complexity index is 448. The van der Waals surface area contributed by atoms with Gasteiger partial charge >= 0.3 is 0 Å². The molecule has 2 aromatic heterocycles. The second-order valence-electron chi connectivity index (χ2n) is 3.69. The Morgan fingerprint density at radius 2 is 2.40 bits per heavy atom. The molecule has 2 aromatic rings. The maximum absolute atomic E-state index is 5.96. The number of thiazole rings is 1. The summed E-state index contributed by atoms with van der Waals surface area (Å²) < 4.78 is 5.14. The predicted octanol–water partition coefficient (Wildman–Crippen LogP) is 1.60. The first-order chi connectivity index (χ1) is 7.34. The van der Waals surface area contributed by atoms with E-state index in [0.717, 1.165) is 4.88 Å². The van der Waals surface area contributed by atoms with Gasteiger partial charge in [-0.25, -0.2) is 0 Å². The molecule has 1 aliphatic carbocycles. The van der Waals surface area contributed by atoms with Gasteiger partial charge in [0.15, 0.2) is 0 Å². The third-order valence-corrected chi connectivity index (χ3v) is 3.28. The molecule has 1 unspecified atom stereocenters. The highest BCUT2D eigenvalue weighted by molar-refractivity contribution is 7.13. The first-order valence-electron chi connectivity index (χ1n) is 4.82. The van der Waals surface area contributed by atoms with E-state index in [0.29, 0.717) is 17.6 Å². The molecule has 6 heteroatoms. The molecule has 2 heterocycles. The van der Waals surface area contributed by atoms with Crippen molar-refractivity contribution in [2.45, 2.75) is 18.9 Å². The van der Waals surface area contributed by atoms with E-state index in [1.807, 2.05) is 0 Å². The van der Waals surface area contributed by atoms with Gasteiger partial charge in [-0.15, -0.1) is 11.3 Å². The van der Waals surface area contributed by atoms with Crippen molar-refractivity contribution < 1.29 is 4.52 Å². The van der Waals surface area contributed by atoms with E-state index in [-0.39, 0.29) is 6.04 Å². The Labute approximate surface area is 90.3 Å². The highest BCUT2D eigenvalue weighted by Crippen LogP contribution is 2.39. The summed E-state index contributed by atoms with van der Waals surface area (Å²) in [6.07, 6.45) is 4.06. The lowest BCUT2D eigenvalue weighted by Gasteiger charge is -2.01. The van der Waals surface area contributed by atoms with E-state index in [1.165, 1.54) is 24.2 Å². The summed E-state index contributed by atoms with van der Waals surface area (Å²) in [7, 11) is 0. The number of nitrogens with zero attached hydrogens (tertiary/aromatic N) is 3. The van der Waals surface area contributed by atoms with Crippen molar-refractivity contribution in [2.24, 2.45) is 11.7 Å². The Kier molecular flexibility index (Phi) is 2.03. The largest absolute Gasteiger partial charge is 0.337 e. The first kappa shape index (κ1) is 8.99. The summed E-state index contributed by atoms with van der Waals surface area (Å²) in [5.41, 5.74) is 7.70. The minimum atomic E-state index is -0.0980. The lowest BCUT2D eigenvalue weighted by Crippen LogP contribution is -2.12. The van der Waals surface area contributed by atoms with Gasteiger partial charge in [-0.05, 0) is 18.8 Å². The number of aromatic nitrogens is 3. The number of nitrogens with two attached hydrogens (primary N) is 1. The lowest BCUT2D eigenvalue weighted by molar-refractivity contribution is 0.343. The minimum Gasteiger partial charge on any atom is -0.337 e. The Balaban J connectivity index is 1.87. The Hall–Kier alpha value is -1.27. The van der Waals surface area contributed by atoms with Gasteiger partial charge in [-0.2, -0.15) is 4.98 Å². The second kappa shape index (κ2) is 3.39. The molecule has 0 amide bonds. The van der Waals surface area contributed by atoms with Gasteiger partial charge < -0.3 is 10.3 Å². The molecule has 0 saturated heterocycles. The molecule has 15 heavy (non-hydrogen) atoms. The van der Waals surface area contributed by atoms with Gasteiger partial charge in [-0.1, -0.05) is 5.16 Å². The quantitative estimate of drug-likeness (QED) is 0.853. The van der Waals surface area contributed by atoms with Crippen LogP contribution in [0.4, 0.5) is 0 Å². The monoisotopic (exact) mass is 222 g/mol. The van der Waals surface area contributed by atoms with Crippen molar-refractivity contribution in [1.82, 2.24) is 15.1 Å². The van der Waals surface area contributed by atoms with Crippen LogP contribution in [0.2, 0.25) is 0 Å². The average molecular weight is 222 g/mol. The van der Waals surface area contributed by atoms with Crippen LogP contribution in [-0.4, -0.2) is 15.1 Å². The standard InChI is InChI=1S/C9H10N4OS/c10-7(5-1-2-5)9-12-8(13-14-9)6-3-11-4-15-6/h3-5,7H,1-2,10H2. The van der Waals surface area contributed by atoms with E-state index in [9.17, 15) is 0 Å². The first-order valence-corrected chi connectivity index (χ1v) is 5.70. The van der Waals surface area contributed by atoms with Crippen LogP contribution in [0.15, 0.2) is 16.2 Å². The number of hydrogen-bond donors (Lipinski definition) is 1. The number of rotatable bonds is 3. The Morgan fingerprint density at radius 3 is 3.07 bits per heavy atom. The molecule has 0 bridgehead atoms. The molecule has 1 atom stereocenters. The van der Waals surface area contributed by atoms with Crippen molar-refractivity contribution in [3.05, 3.63) is 17.6 Å². The van der Waals surface area contributed by atoms with Crippen LogP contribution in [0, 0.1) is 5.92 Å². The van der Waals surface area contributed by atoms with Gasteiger partial charge in [0.05, 0.1) is 16.4 Å². The molecule has 1 saturated carbocycles. The third kappa shape index (κ3) is 1.66. The fourth-order valence-corrected chi connectivity index (χ4v) is 2.00. The third-order valence-electron chi connectivity index (χ3n) is 2.51. The number of hydrogen-bond acceptors (Lipinski definition) is 6. The molecular weight excluding hydrogens is 212 g/mol. The van der Waals surface area contributed by atoms with Crippen LogP contribution in [0.25, 0.3) is 10.7 Å². The Morgan fingerprint density at radius 1 is 1.53 bits per heavy atom. The normalized spacial score (nSPS) is 17.9. The molecule has 3 rings (SSSR count). The maximum atomic E-state index is 5.96. The van der Waals surface area contributed by atoms with E-state index in [1.54, 1.807) is 11.7 Å². The van der Waals surface area contributed by atoms with Crippen molar-refractivity contribution in [3.8, 4) is 10.7 Å². The zero-order chi connectivity index (χ0) is 10.3.